The molecule has 0 unspecified atom stereocenters. The first-order valence-electron chi connectivity index (χ1n) is 26.7. The molecule has 9 N–H and O–H groups in total. The Morgan fingerprint density at radius 2 is 1.25 bits per heavy atom. The van der Waals surface area contributed by atoms with Gasteiger partial charge in [-0.3, -0.25) is 14.4 Å². The fourth-order valence-corrected chi connectivity index (χ4v) is 8.87. The second kappa shape index (κ2) is 35.8. The first kappa shape index (κ1) is 68.4. The number of ketones is 1. The van der Waals surface area contributed by atoms with Gasteiger partial charge >= 0.3 is 24.2 Å². The van der Waals surface area contributed by atoms with Crippen LogP contribution in [0.25, 0.3) is 0 Å². The number of cyclic esters (lactones) is 1. The molecule has 0 aromatic heterocycles. The van der Waals surface area contributed by atoms with Crippen molar-refractivity contribution in [3.63, 3.8) is 0 Å². The number of hydrogen-bond donors (Lipinski definition) is 9. The number of rotatable bonds is 11. The summed E-state index contributed by atoms with van der Waals surface area (Å²) in [5.41, 5.74) is 0. The normalized spacial score (nSPS) is 37.8. The van der Waals surface area contributed by atoms with Gasteiger partial charge in [0.25, 0.3) is 0 Å². The van der Waals surface area contributed by atoms with Gasteiger partial charge in [0.05, 0.1) is 67.2 Å². The van der Waals surface area contributed by atoms with E-state index < -0.39 is 165 Å². The number of amides is 1. The largest absolute Gasteiger partial charge is 0.508 e. The SMILES string of the molecule is C=CCOC(=O)N[C@@H]1[C@H](O)[C@H](O[C@H]2/C=C/C=C/C=C/C=C/C=C/C=C/C=C/[C@H](C)C(=O)[C@@H](C)[C@H](C)OC(=O)C[C@H](O)C[C@H](O)CC[C@@H](O)[C@H](O)C[C@H](O)C[C@]3(O)C[C@H](OC(=O)OCC=C)[C@@H](C(=O)OCC=C)[C@H](C2)O3)O[C@H](C)[C@H]1O. The molecule has 0 spiro atoms. The van der Waals surface area contributed by atoms with Crippen molar-refractivity contribution in [1.29, 1.82) is 0 Å². The zero-order chi connectivity index (χ0) is 59.4. The van der Waals surface area contributed by atoms with Gasteiger partial charge in [-0.25, -0.2) is 9.59 Å². The van der Waals surface area contributed by atoms with E-state index in [0.29, 0.717) is 0 Å². The van der Waals surface area contributed by atoms with Crippen LogP contribution in [0, 0.1) is 17.8 Å². The van der Waals surface area contributed by atoms with E-state index in [1.54, 1.807) is 99.8 Å². The average molecular weight is 1130 g/mol. The molecular formula is C58H83NO21. The number of Topliss-reactive ketones (excluding diaryl/α,β-unsaturated/α-hetero) is 1. The number of hydrogen-bond acceptors (Lipinski definition) is 21. The van der Waals surface area contributed by atoms with Crippen molar-refractivity contribution >= 4 is 30.0 Å². The first-order valence-corrected chi connectivity index (χ1v) is 26.7. The Kier molecular flexibility index (Phi) is 30.6. The molecule has 0 aromatic rings. The smallest absolute Gasteiger partial charge is 0.462 e. The van der Waals surface area contributed by atoms with E-state index in [9.17, 15) is 64.8 Å². The highest BCUT2D eigenvalue weighted by Gasteiger charge is 2.54. The fraction of sp³-hybridized carbons (Fsp3) is 0.569. The highest BCUT2D eigenvalue weighted by Crippen LogP contribution is 2.40. The second-order valence-corrected chi connectivity index (χ2v) is 19.8. The number of ether oxygens (including phenoxy) is 8. The molecule has 22 heteroatoms. The molecular weight excluding hydrogens is 1050 g/mol. The van der Waals surface area contributed by atoms with Crippen LogP contribution >= 0.6 is 0 Å². The Balaban J connectivity index is 2.09. The Labute approximate surface area is 467 Å². The maximum absolute atomic E-state index is 14.0. The predicted molar refractivity (Wildman–Crippen MR) is 290 cm³/mol. The van der Waals surface area contributed by atoms with E-state index >= 15 is 0 Å². The first-order chi connectivity index (χ1) is 38.0. The third kappa shape index (κ3) is 24.1. The Morgan fingerprint density at radius 1 is 0.675 bits per heavy atom. The number of fused-ring (bicyclic) bond motifs is 2. The summed E-state index contributed by atoms with van der Waals surface area (Å²) in [5.74, 6) is -7.17. The molecule has 0 aliphatic carbocycles. The topological polar surface area (TPSA) is 333 Å². The fourth-order valence-electron chi connectivity index (χ4n) is 8.87. The molecule has 3 aliphatic heterocycles. The van der Waals surface area contributed by atoms with Crippen LogP contribution in [0.1, 0.15) is 79.1 Å². The van der Waals surface area contributed by atoms with Crippen molar-refractivity contribution in [2.45, 2.75) is 170 Å². The van der Waals surface area contributed by atoms with Crippen molar-refractivity contribution in [2.75, 3.05) is 19.8 Å². The van der Waals surface area contributed by atoms with E-state index in [1.807, 2.05) is 0 Å². The van der Waals surface area contributed by atoms with E-state index in [0.717, 1.165) is 0 Å². The lowest BCUT2D eigenvalue weighted by Crippen LogP contribution is -2.64. The van der Waals surface area contributed by atoms with Gasteiger partial charge in [0.15, 0.2) is 12.1 Å². The van der Waals surface area contributed by atoms with Crippen LogP contribution in [0.2, 0.25) is 0 Å². The number of aliphatic hydroxyl groups is 8. The van der Waals surface area contributed by atoms with E-state index in [-0.39, 0.29) is 44.9 Å². The molecule has 2 fully saturated rings. The number of nitrogens with one attached hydrogen (secondary N) is 1. The van der Waals surface area contributed by atoms with Crippen LogP contribution in [-0.4, -0.2) is 182 Å². The molecule has 1 amide bonds. The van der Waals surface area contributed by atoms with Gasteiger partial charge in [-0.15, -0.1) is 0 Å². The molecule has 446 valence electrons. The summed E-state index contributed by atoms with van der Waals surface area (Å²) in [6.07, 6.45) is 3.10. The summed E-state index contributed by atoms with van der Waals surface area (Å²) < 4.78 is 45.1. The molecule has 0 radical (unpaired) electrons. The Bertz CT molecular complexity index is 2210. The van der Waals surface area contributed by atoms with Gasteiger partial charge in [-0.1, -0.05) is 137 Å². The summed E-state index contributed by atoms with van der Waals surface area (Å²) in [5, 5.41) is 91.9. The predicted octanol–water partition coefficient (Wildman–Crippen LogP) is 3.86. The summed E-state index contributed by atoms with van der Waals surface area (Å²) in [4.78, 5) is 65.6. The van der Waals surface area contributed by atoms with Crippen molar-refractivity contribution in [1.82, 2.24) is 5.32 Å². The molecule has 3 rings (SSSR count). The number of allylic oxidation sites excluding steroid dienone is 13. The number of carbonyl (C=O) groups is 5. The van der Waals surface area contributed by atoms with Gasteiger partial charge in [0.1, 0.15) is 55.9 Å². The monoisotopic (exact) mass is 1130 g/mol. The minimum Gasteiger partial charge on any atom is -0.462 e. The lowest BCUT2D eigenvalue weighted by Gasteiger charge is -2.46. The second-order valence-electron chi connectivity index (χ2n) is 19.8. The zero-order valence-corrected chi connectivity index (χ0v) is 45.9. The summed E-state index contributed by atoms with van der Waals surface area (Å²) >= 11 is 0. The minimum atomic E-state index is -2.48. The standard InChI is InChI=1S/C58H83NO21/c1-8-27-73-54(69)49-46-33-43(78-55-53(68)50(52(67)39(7)77-55)59-56(70)74-28-9-2)24-22-20-18-16-14-12-11-13-15-17-19-21-23-36(4)51(66)37(5)38(6)76-48(65)32-41(61)30-40(60)25-26-44(63)45(64)31-42(62)34-58(72,80-46)35-47(49)79-57(71)75-29-10-3/h8-24,36-47,49-50,52-53,55,60-64,67-68,72H,1-3,25-35H2,4-7H3,(H,59,70)/b12-11+,15-13+,16-14+,19-17+,20-18+,23-21+,24-22+/t36-,37-,38-,39+,40+,41+,42-,43-,44+,45+,46-,47-,49-,50-,52+,53-,55-,58+/m0/s1. The van der Waals surface area contributed by atoms with Gasteiger partial charge in [-0.2, -0.15) is 0 Å². The van der Waals surface area contributed by atoms with Crippen LogP contribution in [0.5, 0.6) is 0 Å². The van der Waals surface area contributed by atoms with E-state index in [1.165, 1.54) is 31.2 Å². The highest BCUT2D eigenvalue weighted by molar-refractivity contribution is 5.85. The van der Waals surface area contributed by atoms with Crippen molar-refractivity contribution in [2.24, 2.45) is 17.8 Å². The quantitative estimate of drug-likeness (QED) is 0.0805. The van der Waals surface area contributed by atoms with Crippen molar-refractivity contribution in [3.8, 4) is 0 Å². The van der Waals surface area contributed by atoms with Gasteiger partial charge in [0, 0.05) is 31.6 Å². The summed E-state index contributed by atoms with van der Waals surface area (Å²) in [6.45, 7) is 16.2. The lowest BCUT2D eigenvalue weighted by atomic mass is 9.82. The third-order valence-electron chi connectivity index (χ3n) is 13.2. The van der Waals surface area contributed by atoms with Crippen molar-refractivity contribution in [3.05, 3.63) is 123 Å². The minimum absolute atomic E-state index is 0.165. The number of aliphatic hydroxyl groups excluding tert-OH is 7. The van der Waals surface area contributed by atoms with Gasteiger partial charge in [0.2, 0.25) is 0 Å². The zero-order valence-electron chi connectivity index (χ0n) is 45.9. The van der Waals surface area contributed by atoms with Gasteiger partial charge in [-0.05, 0) is 33.1 Å². The number of carbonyl (C=O) groups excluding carboxylic acids is 5. The van der Waals surface area contributed by atoms with Crippen LogP contribution in [-0.2, 0) is 52.3 Å². The Hall–Kier alpha value is -5.89. The van der Waals surface area contributed by atoms with Gasteiger partial charge < -0.3 is 84.1 Å². The molecule has 80 heavy (non-hydrogen) atoms. The molecule has 0 aromatic carbocycles. The lowest BCUT2D eigenvalue weighted by molar-refractivity contribution is -0.309. The molecule has 0 saturated carbocycles. The molecule has 2 saturated heterocycles. The third-order valence-corrected chi connectivity index (χ3v) is 13.2. The van der Waals surface area contributed by atoms with E-state index in [4.69, 9.17) is 37.9 Å². The van der Waals surface area contributed by atoms with Crippen LogP contribution in [0.3, 0.4) is 0 Å². The maximum Gasteiger partial charge on any atom is 0.508 e. The van der Waals surface area contributed by atoms with Crippen LogP contribution in [0.4, 0.5) is 9.59 Å². The molecule has 3 heterocycles. The molecule has 3 aliphatic rings. The average Bonchev–Trinajstić information content (AvgIpc) is 3.39. The maximum atomic E-state index is 14.0. The Morgan fingerprint density at radius 3 is 1.86 bits per heavy atom. The number of alkyl carbamates (subject to hydrolysis) is 1. The number of esters is 2. The molecule has 2 bridgehead atoms. The van der Waals surface area contributed by atoms with Crippen LogP contribution < -0.4 is 5.32 Å². The van der Waals surface area contributed by atoms with E-state index in [2.05, 4.69) is 25.1 Å². The summed E-state index contributed by atoms with van der Waals surface area (Å²) in [6, 6.07) is -1.40. The highest BCUT2D eigenvalue weighted by atomic mass is 16.7. The summed E-state index contributed by atoms with van der Waals surface area (Å²) in [7, 11) is 0. The van der Waals surface area contributed by atoms with Crippen LogP contribution in [0.15, 0.2) is 123 Å². The molecule has 22 nitrogen and oxygen atoms in total. The molecule has 18 atom stereocenters. The van der Waals surface area contributed by atoms with Crippen molar-refractivity contribution < 1.29 is 103 Å².